The minimum absolute atomic E-state index is 0.811. The lowest BCUT2D eigenvalue weighted by Crippen LogP contribution is -1.98. The number of aliphatic imine (C=N–C) groups is 1. The van der Waals surface area contributed by atoms with Crippen molar-refractivity contribution in [3.8, 4) is 0 Å². The van der Waals surface area contributed by atoms with E-state index in [1.54, 1.807) is 12.4 Å². The maximum absolute atomic E-state index is 4.33. The Kier molecular flexibility index (Phi) is 3.48. The van der Waals surface area contributed by atoms with E-state index in [1.807, 2.05) is 36.6 Å². The van der Waals surface area contributed by atoms with Gasteiger partial charge in [0.2, 0.25) is 0 Å². The fraction of sp³-hybridized carbons (Fsp3) is 0.364. The molecule has 2 heterocycles. The van der Waals surface area contributed by atoms with Crippen LogP contribution in [0.3, 0.4) is 0 Å². The molecule has 5 heteroatoms. The van der Waals surface area contributed by atoms with Crippen molar-refractivity contribution in [1.29, 1.82) is 0 Å². The summed E-state index contributed by atoms with van der Waals surface area (Å²) in [6.45, 7) is 1.77. The van der Waals surface area contributed by atoms with Crippen LogP contribution in [0.15, 0.2) is 36.1 Å². The third-order valence-electron chi connectivity index (χ3n) is 2.33. The van der Waals surface area contributed by atoms with E-state index in [4.69, 9.17) is 0 Å². The van der Waals surface area contributed by atoms with E-state index in [1.165, 1.54) is 0 Å². The topological polar surface area (TPSA) is 48.0 Å². The molecule has 0 saturated carbocycles. The van der Waals surface area contributed by atoms with Crippen LogP contribution in [0.5, 0.6) is 0 Å². The Balaban J connectivity index is 1.72. The molecule has 0 aliphatic heterocycles. The van der Waals surface area contributed by atoms with Crippen LogP contribution in [-0.4, -0.2) is 31.9 Å². The van der Waals surface area contributed by atoms with Gasteiger partial charge in [-0.25, -0.2) is 9.97 Å². The first-order chi connectivity index (χ1) is 7.86. The van der Waals surface area contributed by atoms with Crippen LogP contribution >= 0.6 is 0 Å². The van der Waals surface area contributed by atoms with E-state index >= 15 is 0 Å². The summed E-state index contributed by atoms with van der Waals surface area (Å²) in [6.07, 6.45) is 12.1. The van der Waals surface area contributed by atoms with Crippen molar-refractivity contribution in [3.05, 3.63) is 36.9 Å². The van der Waals surface area contributed by atoms with Crippen LogP contribution in [0, 0.1) is 0 Å². The molecule has 2 aromatic rings. The fourth-order valence-corrected chi connectivity index (χ4v) is 1.41. The third kappa shape index (κ3) is 2.79. The first-order valence-electron chi connectivity index (χ1n) is 5.29. The molecule has 0 aromatic carbocycles. The van der Waals surface area contributed by atoms with Gasteiger partial charge in [0.1, 0.15) is 5.82 Å². The van der Waals surface area contributed by atoms with Gasteiger partial charge in [0.15, 0.2) is 0 Å². The summed E-state index contributed by atoms with van der Waals surface area (Å²) in [5.74, 6) is 0.891. The molecule has 0 spiro atoms. The first-order valence-corrected chi connectivity index (χ1v) is 5.29. The minimum atomic E-state index is 0.811. The van der Waals surface area contributed by atoms with Crippen LogP contribution in [0.2, 0.25) is 0 Å². The summed E-state index contributed by atoms with van der Waals surface area (Å²) < 4.78 is 4.00. The zero-order valence-electron chi connectivity index (χ0n) is 9.32. The lowest BCUT2D eigenvalue weighted by molar-refractivity contribution is 0.651. The van der Waals surface area contributed by atoms with Gasteiger partial charge in [-0.1, -0.05) is 0 Å². The average Bonchev–Trinajstić information content (AvgIpc) is 2.90. The van der Waals surface area contributed by atoms with Crippen LogP contribution in [0.4, 0.5) is 0 Å². The second-order valence-electron chi connectivity index (χ2n) is 3.59. The summed E-state index contributed by atoms with van der Waals surface area (Å²) in [5.41, 5.74) is 0. The lowest BCUT2D eigenvalue weighted by atomic mass is 10.4. The molecule has 0 saturated heterocycles. The molecular weight excluding hydrogens is 202 g/mol. The van der Waals surface area contributed by atoms with Gasteiger partial charge in [0.05, 0.1) is 12.5 Å². The molecule has 0 N–H and O–H groups in total. The molecule has 2 rings (SSSR count). The number of hydrogen-bond acceptors (Lipinski definition) is 3. The smallest absolute Gasteiger partial charge is 0.150 e. The lowest BCUT2D eigenvalue weighted by Gasteiger charge is -1.98. The summed E-state index contributed by atoms with van der Waals surface area (Å²) in [6, 6.07) is 0. The zero-order valence-corrected chi connectivity index (χ0v) is 9.32. The Hall–Kier alpha value is -1.91. The monoisotopic (exact) mass is 217 g/mol. The van der Waals surface area contributed by atoms with Gasteiger partial charge in [-0.3, -0.25) is 4.99 Å². The van der Waals surface area contributed by atoms with Crippen molar-refractivity contribution < 1.29 is 0 Å². The minimum Gasteiger partial charge on any atom is -0.337 e. The predicted molar refractivity (Wildman–Crippen MR) is 62.5 cm³/mol. The van der Waals surface area contributed by atoms with Crippen LogP contribution < -0.4 is 0 Å². The number of aryl methyl sites for hydroxylation is 2. The molecule has 0 radical (unpaired) electrons. The number of imidazole rings is 2. The Morgan fingerprint density at radius 3 is 3.00 bits per heavy atom. The van der Waals surface area contributed by atoms with Gasteiger partial charge >= 0.3 is 0 Å². The summed E-state index contributed by atoms with van der Waals surface area (Å²) in [4.78, 5) is 12.5. The summed E-state index contributed by atoms with van der Waals surface area (Å²) in [5, 5.41) is 0. The van der Waals surface area contributed by atoms with E-state index < -0.39 is 0 Å². The van der Waals surface area contributed by atoms with Gasteiger partial charge in [0, 0.05) is 44.9 Å². The number of aromatic nitrogens is 4. The molecule has 84 valence electrons. The average molecular weight is 217 g/mol. The van der Waals surface area contributed by atoms with Crippen molar-refractivity contribution in [3.63, 3.8) is 0 Å². The molecule has 0 amide bonds. The van der Waals surface area contributed by atoms with E-state index in [0.717, 1.165) is 25.3 Å². The molecule has 0 aliphatic rings. The quantitative estimate of drug-likeness (QED) is 0.556. The molecule has 5 nitrogen and oxygen atoms in total. The Bertz CT molecular complexity index is 441. The van der Waals surface area contributed by atoms with Crippen molar-refractivity contribution in [2.45, 2.75) is 13.0 Å². The van der Waals surface area contributed by atoms with Gasteiger partial charge in [-0.05, 0) is 6.42 Å². The highest BCUT2D eigenvalue weighted by molar-refractivity contribution is 5.74. The molecule has 0 atom stereocenters. The van der Waals surface area contributed by atoms with Gasteiger partial charge < -0.3 is 9.13 Å². The molecule has 0 bridgehead atoms. The molecule has 2 aromatic heterocycles. The largest absolute Gasteiger partial charge is 0.337 e. The first kappa shape index (κ1) is 10.6. The zero-order chi connectivity index (χ0) is 11.2. The Morgan fingerprint density at radius 1 is 1.38 bits per heavy atom. The van der Waals surface area contributed by atoms with Gasteiger partial charge in [0.25, 0.3) is 0 Å². The second kappa shape index (κ2) is 5.25. The fourth-order valence-electron chi connectivity index (χ4n) is 1.41. The Labute approximate surface area is 94.5 Å². The van der Waals surface area contributed by atoms with E-state index in [2.05, 4.69) is 19.5 Å². The number of rotatable bonds is 5. The third-order valence-corrected chi connectivity index (χ3v) is 2.33. The molecular formula is C11H15N5. The van der Waals surface area contributed by atoms with Crippen molar-refractivity contribution >= 4 is 6.21 Å². The molecule has 0 fully saturated rings. The molecule has 16 heavy (non-hydrogen) atoms. The molecule has 0 unspecified atom stereocenters. The second-order valence-corrected chi connectivity index (χ2v) is 3.59. The van der Waals surface area contributed by atoms with E-state index in [0.29, 0.717) is 0 Å². The normalized spacial score (nSPS) is 11.3. The van der Waals surface area contributed by atoms with Crippen LogP contribution in [-0.2, 0) is 13.6 Å². The van der Waals surface area contributed by atoms with Crippen molar-refractivity contribution in [1.82, 2.24) is 19.1 Å². The van der Waals surface area contributed by atoms with E-state index in [-0.39, 0.29) is 0 Å². The van der Waals surface area contributed by atoms with Crippen molar-refractivity contribution in [2.75, 3.05) is 6.54 Å². The SMILES string of the molecule is Cn1ccnc1C=NCCCn1ccnc1. The maximum Gasteiger partial charge on any atom is 0.150 e. The number of hydrogen-bond donors (Lipinski definition) is 0. The highest BCUT2D eigenvalue weighted by Crippen LogP contribution is 1.93. The highest BCUT2D eigenvalue weighted by atomic mass is 15.0. The van der Waals surface area contributed by atoms with Crippen LogP contribution in [0.25, 0.3) is 0 Å². The predicted octanol–water partition coefficient (Wildman–Crippen LogP) is 1.13. The van der Waals surface area contributed by atoms with Gasteiger partial charge in [-0.15, -0.1) is 0 Å². The van der Waals surface area contributed by atoms with E-state index in [9.17, 15) is 0 Å². The number of nitrogens with zero attached hydrogens (tertiary/aromatic N) is 5. The van der Waals surface area contributed by atoms with Crippen LogP contribution in [0.1, 0.15) is 12.2 Å². The summed E-state index contributed by atoms with van der Waals surface area (Å²) in [7, 11) is 1.96. The standard InChI is InChI=1S/C11H15N5/c1-15-7-5-14-11(15)9-12-3-2-6-16-8-4-13-10-16/h4-5,7-10H,2-3,6H2,1H3. The van der Waals surface area contributed by atoms with Crippen molar-refractivity contribution in [2.24, 2.45) is 12.0 Å². The molecule has 0 aliphatic carbocycles. The highest BCUT2D eigenvalue weighted by Gasteiger charge is 1.93. The Morgan fingerprint density at radius 2 is 2.31 bits per heavy atom. The maximum atomic E-state index is 4.33. The van der Waals surface area contributed by atoms with Gasteiger partial charge in [-0.2, -0.15) is 0 Å². The summed E-state index contributed by atoms with van der Waals surface area (Å²) >= 11 is 0.